The number of amides is 2. The van der Waals surface area contributed by atoms with Crippen LogP contribution in [0, 0.1) is 12.7 Å². The Kier molecular flexibility index (Phi) is 7.67. The van der Waals surface area contributed by atoms with E-state index < -0.39 is 6.04 Å². The monoisotopic (exact) mass is 390 g/mol. The number of rotatable bonds is 8. The zero-order valence-corrected chi connectivity index (χ0v) is 16.4. The highest BCUT2D eigenvalue weighted by Crippen LogP contribution is 2.19. The van der Waals surface area contributed by atoms with Gasteiger partial charge in [-0.15, -0.1) is 0 Å². The lowest BCUT2D eigenvalue weighted by Crippen LogP contribution is -2.44. The molecule has 0 fully saturated rings. The third-order valence-corrected chi connectivity index (χ3v) is 4.67. The van der Waals surface area contributed by atoms with Gasteiger partial charge in [0, 0.05) is 5.69 Å². The fraction of sp³-hybridized carbons (Fsp3) is 0.300. The molecule has 1 atom stereocenters. The summed E-state index contributed by atoms with van der Waals surface area (Å²) in [7, 11) is 1.49. The van der Waals surface area contributed by atoms with Gasteiger partial charge in [-0.3, -0.25) is 9.59 Å². The predicted octanol–water partition coefficient (Wildman–Crippen LogP) is 3.63. The Morgan fingerprint density at radius 1 is 1.22 bits per heavy atom. The van der Waals surface area contributed by atoms with Crippen LogP contribution in [0.3, 0.4) is 0 Å². The first-order valence-electron chi connectivity index (χ1n) is 8.46. The molecule has 2 N–H and O–H groups in total. The lowest BCUT2D eigenvalue weighted by molar-refractivity contribution is -0.118. The molecular formula is C20H23FN2O3S. The van der Waals surface area contributed by atoms with Crippen molar-refractivity contribution in [3.63, 3.8) is 0 Å². The Hall–Kier alpha value is -2.54. The summed E-state index contributed by atoms with van der Waals surface area (Å²) in [5, 5.41) is 5.55. The number of para-hydroxylation sites is 1. The summed E-state index contributed by atoms with van der Waals surface area (Å²) in [5.74, 6) is 0.0426. The molecule has 2 amide bonds. The molecule has 0 heterocycles. The normalized spacial score (nSPS) is 11.6. The number of hydrogen-bond donors (Lipinski definition) is 2. The van der Waals surface area contributed by atoms with E-state index in [4.69, 9.17) is 4.74 Å². The van der Waals surface area contributed by atoms with Crippen molar-refractivity contribution in [1.29, 1.82) is 0 Å². The third-order valence-electron chi connectivity index (χ3n) is 4.03. The van der Waals surface area contributed by atoms with Gasteiger partial charge in [-0.2, -0.15) is 11.8 Å². The molecule has 0 spiro atoms. The van der Waals surface area contributed by atoms with Crippen LogP contribution >= 0.6 is 11.8 Å². The molecule has 2 aromatic carbocycles. The molecule has 0 saturated heterocycles. The quantitative estimate of drug-likeness (QED) is 0.722. The van der Waals surface area contributed by atoms with Crippen molar-refractivity contribution < 1.29 is 18.7 Å². The van der Waals surface area contributed by atoms with E-state index in [-0.39, 0.29) is 17.6 Å². The Bertz CT molecular complexity index is 814. The summed E-state index contributed by atoms with van der Waals surface area (Å²) in [6.45, 7) is 1.71. The molecule has 0 aliphatic heterocycles. The number of halogens is 1. The van der Waals surface area contributed by atoms with Crippen molar-refractivity contribution in [2.45, 2.75) is 19.4 Å². The average molecular weight is 390 g/mol. The maximum Gasteiger partial charge on any atom is 0.255 e. The number of benzene rings is 2. The molecule has 0 unspecified atom stereocenters. The van der Waals surface area contributed by atoms with Gasteiger partial charge in [0.2, 0.25) is 5.91 Å². The van der Waals surface area contributed by atoms with Crippen molar-refractivity contribution in [3.8, 4) is 5.75 Å². The second kappa shape index (κ2) is 9.97. The molecule has 0 saturated carbocycles. The Morgan fingerprint density at radius 3 is 2.63 bits per heavy atom. The highest BCUT2D eigenvalue weighted by Gasteiger charge is 2.23. The van der Waals surface area contributed by atoms with Crippen LogP contribution in [-0.2, 0) is 4.79 Å². The van der Waals surface area contributed by atoms with E-state index in [2.05, 4.69) is 10.6 Å². The minimum absolute atomic E-state index is 0.345. The van der Waals surface area contributed by atoms with Crippen molar-refractivity contribution in [2.75, 3.05) is 24.4 Å². The van der Waals surface area contributed by atoms with Gasteiger partial charge in [0.05, 0.1) is 12.7 Å². The zero-order chi connectivity index (χ0) is 19.8. The van der Waals surface area contributed by atoms with Gasteiger partial charge in [0.15, 0.2) is 0 Å². The number of carbonyl (C=O) groups is 2. The molecule has 5 nitrogen and oxygen atoms in total. The van der Waals surface area contributed by atoms with E-state index in [1.165, 1.54) is 25.3 Å². The molecule has 0 aliphatic carbocycles. The number of ether oxygens (including phenoxy) is 1. The van der Waals surface area contributed by atoms with Gasteiger partial charge >= 0.3 is 0 Å². The third kappa shape index (κ3) is 5.72. The zero-order valence-electron chi connectivity index (χ0n) is 15.5. The summed E-state index contributed by atoms with van der Waals surface area (Å²) >= 11 is 1.58. The first-order chi connectivity index (χ1) is 13.0. The smallest absolute Gasteiger partial charge is 0.255 e. The second-order valence-electron chi connectivity index (χ2n) is 5.96. The summed E-state index contributed by atoms with van der Waals surface area (Å²) in [4.78, 5) is 25.4. The fourth-order valence-corrected chi connectivity index (χ4v) is 3.03. The van der Waals surface area contributed by atoms with Gasteiger partial charge in [-0.25, -0.2) is 4.39 Å². The Morgan fingerprint density at radius 2 is 1.96 bits per heavy atom. The van der Waals surface area contributed by atoms with Crippen molar-refractivity contribution in [3.05, 3.63) is 59.4 Å². The Balaban J connectivity index is 2.16. The van der Waals surface area contributed by atoms with E-state index >= 15 is 0 Å². The molecule has 27 heavy (non-hydrogen) atoms. The number of methoxy groups -OCH3 is 1. The number of hydrogen-bond acceptors (Lipinski definition) is 4. The minimum Gasteiger partial charge on any atom is -0.496 e. The van der Waals surface area contributed by atoms with E-state index in [0.717, 1.165) is 0 Å². The number of anilines is 1. The number of nitrogens with one attached hydrogen (secondary N) is 2. The maximum absolute atomic E-state index is 13.3. The van der Waals surface area contributed by atoms with Crippen molar-refractivity contribution >= 4 is 29.3 Å². The van der Waals surface area contributed by atoms with Crippen LogP contribution in [0.2, 0.25) is 0 Å². The van der Waals surface area contributed by atoms with Gasteiger partial charge < -0.3 is 15.4 Å². The van der Waals surface area contributed by atoms with E-state index in [0.29, 0.717) is 34.7 Å². The topological polar surface area (TPSA) is 67.4 Å². The lowest BCUT2D eigenvalue weighted by atomic mass is 10.1. The van der Waals surface area contributed by atoms with Gasteiger partial charge in [-0.05, 0) is 61.2 Å². The number of carbonyl (C=O) groups excluding carboxylic acids is 2. The van der Waals surface area contributed by atoms with E-state index in [9.17, 15) is 14.0 Å². The number of thioether (sulfide) groups is 1. The van der Waals surface area contributed by atoms with Crippen LogP contribution < -0.4 is 15.4 Å². The minimum atomic E-state index is -0.723. The maximum atomic E-state index is 13.3. The van der Waals surface area contributed by atoms with Crippen molar-refractivity contribution in [1.82, 2.24) is 5.32 Å². The first-order valence-corrected chi connectivity index (χ1v) is 9.85. The summed E-state index contributed by atoms with van der Waals surface area (Å²) in [6.07, 6.45) is 2.40. The van der Waals surface area contributed by atoms with Crippen molar-refractivity contribution in [2.24, 2.45) is 0 Å². The number of aryl methyl sites for hydroxylation is 1. The summed E-state index contributed by atoms with van der Waals surface area (Å²) in [5.41, 5.74) is 1.49. The fourth-order valence-electron chi connectivity index (χ4n) is 2.56. The lowest BCUT2D eigenvalue weighted by Gasteiger charge is -2.19. The highest BCUT2D eigenvalue weighted by molar-refractivity contribution is 7.98. The van der Waals surface area contributed by atoms with E-state index in [1.54, 1.807) is 43.0 Å². The highest BCUT2D eigenvalue weighted by atomic mass is 32.2. The Labute approximate surface area is 162 Å². The largest absolute Gasteiger partial charge is 0.496 e. The van der Waals surface area contributed by atoms with Gasteiger partial charge in [0.1, 0.15) is 17.6 Å². The molecular weight excluding hydrogens is 367 g/mol. The van der Waals surface area contributed by atoms with E-state index in [1.807, 2.05) is 6.26 Å². The molecule has 144 valence electrons. The summed E-state index contributed by atoms with van der Waals surface area (Å²) in [6, 6.07) is 10.2. The molecule has 0 aliphatic rings. The predicted molar refractivity (Wildman–Crippen MR) is 107 cm³/mol. The van der Waals surface area contributed by atoms with Crippen LogP contribution in [0.25, 0.3) is 0 Å². The first kappa shape index (κ1) is 20.8. The second-order valence-corrected chi connectivity index (χ2v) is 6.94. The van der Waals surface area contributed by atoms with Crippen LogP contribution in [0.1, 0.15) is 22.3 Å². The van der Waals surface area contributed by atoms with Crippen LogP contribution in [-0.4, -0.2) is 37.0 Å². The SMILES string of the molecule is COc1ccccc1C(=O)N[C@@H](CCSC)C(=O)Nc1ccc(F)cc1C. The molecule has 7 heteroatoms. The molecule has 0 bridgehead atoms. The standard InChI is InChI=1S/C20H23FN2O3S/c1-13-12-14(21)8-9-16(13)22-20(25)17(10-11-27-3)23-19(24)15-6-4-5-7-18(15)26-2/h4-9,12,17H,10-11H2,1-3H3,(H,22,25)(H,23,24)/t17-/m0/s1. The molecule has 0 radical (unpaired) electrons. The van der Waals surface area contributed by atoms with Crippen LogP contribution in [0.4, 0.5) is 10.1 Å². The molecule has 0 aromatic heterocycles. The molecule has 2 rings (SSSR count). The van der Waals surface area contributed by atoms with Gasteiger partial charge in [-0.1, -0.05) is 12.1 Å². The summed E-state index contributed by atoms with van der Waals surface area (Å²) < 4.78 is 18.5. The molecule has 2 aromatic rings. The average Bonchev–Trinajstić information content (AvgIpc) is 2.66. The van der Waals surface area contributed by atoms with Crippen LogP contribution in [0.15, 0.2) is 42.5 Å². The van der Waals surface area contributed by atoms with Crippen LogP contribution in [0.5, 0.6) is 5.75 Å². The van der Waals surface area contributed by atoms with Gasteiger partial charge in [0.25, 0.3) is 5.91 Å².